The van der Waals surface area contributed by atoms with Crippen molar-refractivity contribution in [2.75, 3.05) is 11.4 Å². The number of fused-ring (bicyclic) bond motifs is 2. The number of amides is 1. The molecule has 4 heteroatoms. The molecule has 3 heterocycles. The van der Waals surface area contributed by atoms with E-state index in [1.807, 2.05) is 23.5 Å². The lowest BCUT2D eigenvalue weighted by Gasteiger charge is -2.33. The van der Waals surface area contributed by atoms with Gasteiger partial charge in [-0.1, -0.05) is 18.2 Å². The summed E-state index contributed by atoms with van der Waals surface area (Å²) in [6, 6.07) is 8.32. The number of imidazole rings is 1. The van der Waals surface area contributed by atoms with Crippen LogP contribution in [-0.4, -0.2) is 22.0 Å². The number of carbonyl (C=O) groups excluding carboxylic acids is 1. The van der Waals surface area contributed by atoms with Crippen LogP contribution in [0.15, 0.2) is 36.8 Å². The summed E-state index contributed by atoms with van der Waals surface area (Å²) in [5.74, 6) is 0.384. The van der Waals surface area contributed by atoms with E-state index in [9.17, 15) is 4.79 Å². The molecular weight excluding hydrogens is 262 g/mol. The Morgan fingerprint density at radius 2 is 2.14 bits per heavy atom. The van der Waals surface area contributed by atoms with Crippen molar-refractivity contribution < 1.29 is 4.79 Å². The van der Waals surface area contributed by atoms with Crippen LogP contribution in [0, 0.1) is 5.92 Å². The molecule has 4 rings (SSSR count). The maximum atomic E-state index is 12.9. The number of rotatable bonds is 1. The van der Waals surface area contributed by atoms with Gasteiger partial charge < -0.3 is 9.47 Å². The molecule has 2 aliphatic rings. The lowest BCUT2D eigenvalue weighted by molar-refractivity contribution is -0.123. The van der Waals surface area contributed by atoms with Crippen molar-refractivity contribution in [3.05, 3.63) is 48.0 Å². The van der Waals surface area contributed by atoms with E-state index in [1.165, 1.54) is 11.3 Å². The minimum Gasteiger partial charge on any atom is -0.335 e. The highest BCUT2D eigenvalue weighted by molar-refractivity contribution is 5.96. The highest BCUT2D eigenvalue weighted by Gasteiger charge is 2.31. The molecule has 1 aromatic carbocycles. The van der Waals surface area contributed by atoms with Crippen LogP contribution in [0.25, 0.3) is 0 Å². The summed E-state index contributed by atoms with van der Waals surface area (Å²) in [7, 11) is 0. The number of para-hydroxylation sites is 1. The van der Waals surface area contributed by atoms with Gasteiger partial charge in [0.25, 0.3) is 0 Å². The number of aryl methyl sites for hydroxylation is 2. The minimum atomic E-state index is 0.0976. The second kappa shape index (κ2) is 5.02. The van der Waals surface area contributed by atoms with Gasteiger partial charge in [-0.15, -0.1) is 0 Å². The van der Waals surface area contributed by atoms with Gasteiger partial charge in [0.05, 0.1) is 6.33 Å². The predicted octanol–water partition coefficient (Wildman–Crippen LogP) is 2.42. The Morgan fingerprint density at radius 1 is 1.24 bits per heavy atom. The summed E-state index contributed by atoms with van der Waals surface area (Å²) in [6.07, 6.45) is 7.64. The van der Waals surface area contributed by atoms with Crippen LogP contribution in [0.2, 0.25) is 0 Å². The van der Waals surface area contributed by atoms with Gasteiger partial charge in [0.15, 0.2) is 0 Å². The van der Waals surface area contributed by atoms with Gasteiger partial charge in [-0.05, 0) is 30.9 Å². The highest BCUT2D eigenvalue weighted by atomic mass is 16.2. The molecule has 0 saturated carbocycles. The monoisotopic (exact) mass is 281 g/mol. The first-order valence-electron chi connectivity index (χ1n) is 7.71. The molecule has 1 unspecified atom stereocenters. The Bertz CT molecular complexity index is 676. The van der Waals surface area contributed by atoms with E-state index >= 15 is 0 Å². The molecule has 21 heavy (non-hydrogen) atoms. The molecular formula is C17H19N3O. The second-order valence-corrected chi connectivity index (χ2v) is 5.99. The summed E-state index contributed by atoms with van der Waals surface area (Å²) in [4.78, 5) is 19.1. The molecule has 1 aromatic heterocycles. The van der Waals surface area contributed by atoms with E-state index < -0.39 is 0 Å². The van der Waals surface area contributed by atoms with Crippen LogP contribution >= 0.6 is 0 Å². The third kappa shape index (κ3) is 2.15. The van der Waals surface area contributed by atoms with Crippen LogP contribution in [0.4, 0.5) is 5.69 Å². The molecule has 0 saturated heterocycles. The van der Waals surface area contributed by atoms with Crippen molar-refractivity contribution in [1.82, 2.24) is 9.55 Å². The third-order valence-electron chi connectivity index (χ3n) is 4.70. The molecule has 0 N–H and O–H groups in total. The molecule has 1 amide bonds. The van der Waals surface area contributed by atoms with Gasteiger partial charge in [-0.2, -0.15) is 0 Å². The first-order valence-corrected chi connectivity index (χ1v) is 7.71. The topological polar surface area (TPSA) is 38.1 Å². The Labute approximate surface area is 124 Å². The summed E-state index contributed by atoms with van der Waals surface area (Å²) in [5.41, 5.74) is 3.61. The zero-order valence-corrected chi connectivity index (χ0v) is 12.0. The van der Waals surface area contributed by atoms with Crippen LogP contribution in [0.1, 0.15) is 24.1 Å². The van der Waals surface area contributed by atoms with Gasteiger partial charge in [-0.3, -0.25) is 4.79 Å². The van der Waals surface area contributed by atoms with Crippen molar-refractivity contribution in [2.24, 2.45) is 5.92 Å². The van der Waals surface area contributed by atoms with Crippen LogP contribution in [0.5, 0.6) is 0 Å². The van der Waals surface area contributed by atoms with E-state index in [-0.39, 0.29) is 11.8 Å². The fourth-order valence-electron chi connectivity index (χ4n) is 3.56. The summed E-state index contributed by atoms with van der Waals surface area (Å²) < 4.78 is 2.16. The fourth-order valence-corrected chi connectivity index (χ4v) is 3.56. The van der Waals surface area contributed by atoms with Crippen LogP contribution < -0.4 is 4.90 Å². The Morgan fingerprint density at radius 3 is 3.10 bits per heavy atom. The predicted molar refractivity (Wildman–Crippen MR) is 81.2 cm³/mol. The smallest absolute Gasteiger partial charge is 0.230 e. The second-order valence-electron chi connectivity index (χ2n) is 5.99. The molecule has 1 atom stereocenters. The average Bonchev–Trinajstić information content (AvgIpc) is 3.01. The first-order chi connectivity index (χ1) is 10.3. The Balaban J connectivity index is 1.59. The third-order valence-corrected chi connectivity index (χ3v) is 4.70. The van der Waals surface area contributed by atoms with Crippen LogP contribution in [0.3, 0.4) is 0 Å². The van der Waals surface area contributed by atoms with Gasteiger partial charge in [0, 0.05) is 43.0 Å². The molecule has 0 radical (unpaired) electrons. The standard InChI is InChI=1S/C17H19N3O/c21-17(14-7-9-19-12-18-11-15(19)10-14)20-8-3-5-13-4-1-2-6-16(13)20/h1-2,4,6,11-12,14H,3,5,7-10H2. The average molecular weight is 281 g/mol. The maximum Gasteiger partial charge on any atom is 0.230 e. The van der Waals surface area contributed by atoms with Crippen molar-refractivity contribution in [1.29, 1.82) is 0 Å². The van der Waals surface area contributed by atoms with E-state index in [1.54, 1.807) is 0 Å². The summed E-state index contributed by atoms with van der Waals surface area (Å²) in [6.45, 7) is 1.76. The van der Waals surface area contributed by atoms with Gasteiger partial charge in [-0.25, -0.2) is 4.98 Å². The van der Waals surface area contributed by atoms with E-state index in [4.69, 9.17) is 0 Å². The molecule has 0 spiro atoms. The Hall–Kier alpha value is -2.10. The molecule has 4 nitrogen and oxygen atoms in total. The number of hydrogen-bond acceptors (Lipinski definition) is 2. The molecule has 0 fully saturated rings. The fraction of sp³-hybridized carbons (Fsp3) is 0.412. The maximum absolute atomic E-state index is 12.9. The number of anilines is 1. The van der Waals surface area contributed by atoms with E-state index in [0.29, 0.717) is 0 Å². The number of nitrogens with zero attached hydrogens (tertiary/aromatic N) is 3. The lowest BCUT2D eigenvalue weighted by atomic mass is 9.92. The van der Waals surface area contributed by atoms with Crippen molar-refractivity contribution in [2.45, 2.75) is 32.2 Å². The van der Waals surface area contributed by atoms with E-state index in [2.05, 4.69) is 27.8 Å². The number of carbonyl (C=O) groups is 1. The normalized spacial score (nSPS) is 20.8. The molecule has 0 bridgehead atoms. The van der Waals surface area contributed by atoms with Gasteiger partial charge >= 0.3 is 0 Å². The SMILES string of the molecule is O=C(C1CCn2cncc2C1)N1CCCc2ccccc21. The number of benzene rings is 1. The number of hydrogen-bond donors (Lipinski definition) is 0. The first kappa shape index (κ1) is 12.6. The summed E-state index contributed by atoms with van der Waals surface area (Å²) in [5, 5.41) is 0. The van der Waals surface area contributed by atoms with Crippen molar-refractivity contribution in [3.63, 3.8) is 0 Å². The number of aromatic nitrogens is 2. The lowest BCUT2D eigenvalue weighted by Crippen LogP contribution is -2.41. The minimum absolute atomic E-state index is 0.0976. The molecule has 0 aliphatic carbocycles. The molecule has 2 aliphatic heterocycles. The summed E-state index contributed by atoms with van der Waals surface area (Å²) >= 11 is 0. The zero-order valence-electron chi connectivity index (χ0n) is 12.0. The quantitative estimate of drug-likeness (QED) is 0.805. The highest BCUT2D eigenvalue weighted by Crippen LogP contribution is 2.30. The largest absolute Gasteiger partial charge is 0.335 e. The van der Waals surface area contributed by atoms with Crippen molar-refractivity contribution in [3.8, 4) is 0 Å². The van der Waals surface area contributed by atoms with Gasteiger partial charge in [0.1, 0.15) is 0 Å². The van der Waals surface area contributed by atoms with Crippen molar-refractivity contribution >= 4 is 11.6 Å². The Kier molecular flexibility index (Phi) is 3.02. The molecule has 108 valence electrons. The van der Waals surface area contributed by atoms with Crippen LogP contribution in [-0.2, 0) is 24.2 Å². The molecule has 2 aromatic rings. The van der Waals surface area contributed by atoms with Gasteiger partial charge in [0.2, 0.25) is 5.91 Å². The van der Waals surface area contributed by atoms with E-state index in [0.717, 1.165) is 44.5 Å². The zero-order chi connectivity index (χ0) is 14.2.